The minimum Gasteiger partial charge on any atom is -0.356 e. The molecule has 0 radical (unpaired) electrons. The maximum Gasteiger partial charge on any atom is 0.246 e. The van der Waals surface area contributed by atoms with Crippen LogP contribution in [0.15, 0.2) is 30.4 Å². The summed E-state index contributed by atoms with van der Waals surface area (Å²) in [6.45, 7) is 7.53. The molecule has 5 atom stereocenters. The molecule has 36 heavy (non-hydrogen) atoms. The number of halogens is 2. The molecule has 2 saturated heterocycles. The highest BCUT2D eigenvalue weighted by molar-refractivity contribution is 6.42. The van der Waals surface area contributed by atoms with E-state index >= 15 is 0 Å². The van der Waals surface area contributed by atoms with Crippen molar-refractivity contribution in [2.24, 2.45) is 11.8 Å². The number of nitrogens with zero attached hydrogens (tertiary/aromatic N) is 1. The van der Waals surface area contributed by atoms with Crippen LogP contribution >= 0.6 is 23.2 Å². The van der Waals surface area contributed by atoms with Gasteiger partial charge in [-0.3, -0.25) is 14.4 Å². The van der Waals surface area contributed by atoms with Crippen molar-refractivity contribution in [3.8, 4) is 0 Å². The zero-order valence-corrected chi connectivity index (χ0v) is 22.6. The Morgan fingerprint density at radius 3 is 2.39 bits per heavy atom. The van der Waals surface area contributed by atoms with E-state index in [0.717, 1.165) is 25.7 Å². The van der Waals surface area contributed by atoms with Gasteiger partial charge < -0.3 is 20.3 Å². The van der Waals surface area contributed by atoms with Crippen LogP contribution in [0.1, 0.15) is 59.8 Å². The first-order valence-electron chi connectivity index (χ1n) is 12.7. The van der Waals surface area contributed by atoms with E-state index in [1.165, 1.54) is 6.42 Å². The van der Waals surface area contributed by atoms with Crippen molar-refractivity contribution in [2.75, 3.05) is 5.32 Å². The monoisotopic (exact) mass is 533 g/mol. The third kappa shape index (κ3) is 3.95. The maximum absolute atomic E-state index is 14.0. The number of benzene rings is 1. The van der Waals surface area contributed by atoms with Crippen molar-refractivity contribution in [3.63, 3.8) is 0 Å². The van der Waals surface area contributed by atoms with E-state index in [2.05, 4.69) is 10.6 Å². The van der Waals surface area contributed by atoms with Crippen LogP contribution in [0.4, 0.5) is 5.69 Å². The van der Waals surface area contributed by atoms with E-state index in [4.69, 9.17) is 27.9 Å². The highest BCUT2D eigenvalue weighted by atomic mass is 35.5. The molecule has 0 unspecified atom stereocenters. The lowest BCUT2D eigenvalue weighted by atomic mass is 9.70. The van der Waals surface area contributed by atoms with Crippen LogP contribution in [-0.4, -0.2) is 51.4 Å². The average molecular weight is 534 g/mol. The van der Waals surface area contributed by atoms with Gasteiger partial charge in [-0.05, 0) is 58.7 Å². The first-order chi connectivity index (χ1) is 16.9. The van der Waals surface area contributed by atoms with Crippen molar-refractivity contribution >= 4 is 46.6 Å². The number of nitrogens with one attached hydrogen (secondary N) is 2. The van der Waals surface area contributed by atoms with Crippen molar-refractivity contribution in [1.82, 2.24) is 10.2 Å². The summed E-state index contributed by atoms with van der Waals surface area (Å²) in [4.78, 5) is 43.2. The third-order valence-electron chi connectivity index (χ3n) is 8.09. The molecule has 7 nitrogen and oxygen atoms in total. The fourth-order valence-corrected chi connectivity index (χ4v) is 6.87. The highest BCUT2D eigenvalue weighted by Crippen LogP contribution is 2.60. The molecule has 1 saturated carbocycles. The van der Waals surface area contributed by atoms with Crippen molar-refractivity contribution < 1.29 is 19.1 Å². The second-order valence-corrected chi connectivity index (χ2v) is 12.5. The van der Waals surface area contributed by atoms with E-state index in [0.29, 0.717) is 15.7 Å². The smallest absolute Gasteiger partial charge is 0.246 e. The standard InChI is InChI=1S/C27H33Cl2N3O4/c1-25(2,3)32-21(23(34)30-15-8-6-5-7-9-15)27-13-12-26(4,36-27)19(20(27)24(32)35)22(33)31-16-10-11-17(28)18(29)14-16/h10-15,19-21H,5-9H2,1-4H3,(H,30,34)(H,31,33)/t19-,20-,21+,26-,27-/m0/s1. The summed E-state index contributed by atoms with van der Waals surface area (Å²) < 4.78 is 6.56. The van der Waals surface area contributed by atoms with Gasteiger partial charge in [0.15, 0.2) is 0 Å². The Kier molecular flexibility index (Phi) is 6.21. The van der Waals surface area contributed by atoms with Crippen LogP contribution in [0.2, 0.25) is 10.0 Å². The quantitative estimate of drug-likeness (QED) is 0.548. The molecule has 0 aromatic heterocycles. The predicted octanol–water partition coefficient (Wildman–Crippen LogP) is 4.72. The summed E-state index contributed by atoms with van der Waals surface area (Å²) in [6.07, 6.45) is 8.88. The van der Waals surface area contributed by atoms with Gasteiger partial charge in [-0.1, -0.05) is 54.6 Å². The van der Waals surface area contributed by atoms with Crippen molar-refractivity contribution in [1.29, 1.82) is 0 Å². The molecule has 1 aliphatic carbocycles. The van der Waals surface area contributed by atoms with Gasteiger partial charge in [-0.2, -0.15) is 0 Å². The van der Waals surface area contributed by atoms with E-state index in [-0.39, 0.29) is 23.8 Å². The first-order valence-corrected chi connectivity index (χ1v) is 13.4. The van der Waals surface area contributed by atoms with Crippen LogP contribution < -0.4 is 10.6 Å². The van der Waals surface area contributed by atoms with E-state index in [9.17, 15) is 14.4 Å². The summed E-state index contributed by atoms with van der Waals surface area (Å²) in [5.41, 5.74) is -2.40. The molecular weight excluding hydrogens is 501 g/mol. The molecule has 1 spiro atoms. The SMILES string of the molecule is CC(C)(C)N1C(=O)[C@@H]2[C@@H](C(=O)Nc3ccc(Cl)c(Cl)c3)[C@]3(C)C=C[C@@]2(O3)[C@H]1C(=O)NC1CCCCC1. The fraction of sp³-hybridized carbons (Fsp3) is 0.593. The number of hydrogen-bond donors (Lipinski definition) is 2. The number of likely N-dealkylation sites (tertiary alicyclic amines) is 1. The molecule has 194 valence electrons. The number of amides is 3. The number of hydrogen-bond acceptors (Lipinski definition) is 4. The summed E-state index contributed by atoms with van der Waals surface area (Å²) in [5, 5.41) is 6.79. The Hall–Kier alpha value is -2.09. The van der Waals surface area contributed by atoms with Gasteiger partial charge in [0.25, 0.3) is 0 Å². The summed E-state index contributed by atoms with van der Waals surface area (Å²) in [7, 11) is 0. The van der Waals surface area contributed by atoms with Gasteiger partial charge in [0.05, 0.1) is 27.5 Å². The summed E-state index contributed by atoms with van der Waals surface area (Å²) >= 11 is 12.2. The molecule has 3 amide bonds. The summed E-state index contributed by atoms with van der Waals surface area (Å²) in [6, 6.07) is 4.06. The minimum atomic E-state index is -1.21. The van der Waals surface area contributed by atoms with Gasteiger partial charge in [-0.25, -0.2) is 0 Å². The predicted molar refractivity (Wildman–Crippen MR) is 139 cm³/mol. The van der Waals surface area contributed by atoms with Crippen LogP contribution in [0.3, 0.4) is 0 Å². The third-order valence-corrected chi connectivity index (χ3v) is 8.83. The lowest BCUT2D eigenvalue weighted by Gasteiger charge is -2.41. The van der Waals surface area contributed by atoms with Gasteiger partial charge >= 0.3 is 0 Å². The molecule has 3 heterocycles. The zero-order chi connectivity index (χ0) is 26.0. The van der Waals surface area contributed by atoms with Crippen LogP contribution in [-0.2, 0) is 19.1 Å². The van der Waals surface area contributed by atoms with Crippen LogP contribution in [0.25, 0.3) is 0 Å². The Morgan fingerprint density at radius 1 is 1.06 bits per heavy atom. The van der Waals surface area contributed by atoms with Crippen molar-refractivity contribution in [3.05, 3.63) is 40.4 Å². The van der Waals surface area contributed by atoms with E-state index < -0.39 is 34.6 Å². The lowest BCUT2D eigenvalue weighted by Crippen LogP contribution is -2.60. The van der Waals surface area contributed by atoms with Gasteiger partial charge in [0, 0.05) is 17.3 Å². The maximum atomic E-state index is 14.0. The van der Waals surface area contributed by atoms with Gasteiger partial charge in [-0.15, -0.1) is 0 Å². The number of rotatable bonds is 4. The fourth-order valence-electron chi connectivity index (χ4n) is 6.57. The largest absolute Gasteiger partial charge is 0.356 e. The van der Waals surface area contributed by atoms with Crippen LogP contribution in [0, 0.1) is 11.8 Å². The first kappa shape index (κ1) is 25.6. The van der Waals surface area contributed by atoms with Gasteiger partial charge in [0.2, 0.25) is 17.7 Å². The number of carbonyl (C=O) groups excluding carboxylic acids is 3. The highest BCUT2D eigenvalue weighted by Gasteiger charge is 2.77. The molecule has 5 rings (SSSR count). The Bertz CT molecular complexity index is 1140. The molecule has 3 fully saturated rings. The Labute approximate surface area is 221 Å². The van der Waals surface area contributed by atoms with Gasteiger partial charge in [0.1, 0.15) is 11.6 Å². The van der Waals surface area contributed by atoms with Crippen LogP contribution in [0.5, 0.6) is 0 Å². The molecule has 9 heteroatoms. The molecule has 2 N–H and O–H groups in total. The Morgan fingerprint density at radius 2 is 1.75 bits per heavy atom. The molecule has 3 aliphatic heterocycles. The van der Waals surface area contributed by atoms with E-state index in [1.54, 1.807) is 30.0 Å². The number of anilines is 1. The molecular formula is C27H33Cl2N3O4. The minimum absolute atomic E-state index is 0.0885. The number of fused-ring (bicyclic) bond motifs is 1. The normalized spacial score (nSPS) is 33.7. The second-order valence-electron chi connectivity index (χ2n) is 11.7. The average Bonchev–Trinajstić information content (AvgIpc) is 3.37. The molecule has 1 aromatic carbocycles. The molecule has 4 aliphatic rings. The van der Waals surface area contributed by atoms with Crippen molar-refractivity contribution in [2.45, 2.75) is 88.6 Å². The zero-order valence-electron chi connectivity index (χ0n) is 21.1. The summed E-state index contributed by atoms with van der Waals surface area (Å²) in [5.74, 6) is -2.46. The number of carbonyl (C=O) groups is 3. The topological polar surface area (TPSA) is 87.7 Å². The lowest BCUT2D eigenvalue weighted by molar-refractivity contribution is -0.149. The number of ether oxygens (including phenoxy) is 1. The van der Waals surface area contributed by atoms with E-state index in [1.807, 2.05) is 32.9 Å². The molecule has 2 bridgehead atoms. The second kappa shape index (κ2) is 8.74. The Balaban J connectivity index is 1.49. The molecule has 1 aromatic rings.